The fourth-order valence-corrected chi connectivity index (χ4v) is 0.775. The molecule has 0 aliphatic heterocycles. The highest BCUT2D eigenvalue weighted by Crippen LogP contribution is 2.11. The first-order valence-corrected chi connectivity index (χ1v) is 3.70. The third-order valence-corrected chi connectivity index (χ3v) is 1.42. The van der Waals surface area contributed by atoms with Gasteiger partial charge >= 0.3 is 6.55 Å². The Bertz CT molecular complexity index is 212. The Balaban J connectivity index is 2.78. The van der Waals surface area contributed by atoms with Crippen molar-refractivity contribution in [2.24, 2.45) is 0 Å². The van der Waals surface area contributed by atoms with E-state index in [1.807, 2.05) is 0 Å². The van der Waals surface area contributed by atoms with Crippen LogP contribution in [0.3, 0.4) is 0 Å². The van der Waals surface area contributed by atoms with Crippen molar-refractivity contribution >= 4 is 11.8 Å². The second-order valence-electron chi connectivity index (χ2n) is 1.49. The van der Waals surface area contributed by atoms with Gasteiger partial charge in [0.25, 0.3) is 0 Å². The zero-order valence-electron chi connectivity index (χ0n) is 5.16. The molecule has 0 N–H and O–H groups in total. The molecule has 0 unspecified atom stereocenters. The summed E-state index contributed by atoms with van der Waals surface area (Å²) in [7, 11) is 0. The van der Waals surface area contributed by atoms with Crippen molar-refractivity contribution in [2.45, 2.75) is 11.7 Å². The lowest BCUT2D eigenvalue weighted by Gasteiger charge is -1.93. The molecule has 0 aliphatic rings. The second kappa shape index (κ2) is 2.96. The molecular formula is C4H5F2N3S. The molecule has 0 bridgehead atoms. The highest BCUT2D eigenvalue weighted by atomic mass is 32.2. The normalized spacial score (nSPS) is 10.8. The fourth-order valence-electron chi connectivity index (χ4n) is 0.447. The van der Waals surface area contributed by atoms with Gasteiger partial charge in [-0.05, 0) is 6.26 Å². The number of alkyl halides is 2. The minimum absolute atomic E-state index is 0.361. The van der Waals surface area contributed by atoms with Gasteiger partial charge in [0.15, 0.2) is 0 Å². The molecule has 0 saturated carbocycles. The highest BCUT2D eigenvalue weighted by molar-refractivity contribution is 7.98. The standard InChI is InChI=1S/C4H5F2N3S/c1-10-4-7-2-9(8-4)3(5)6/h2-3H,1H3. The van der Waals surface area contributed by atoms with Crippen LogP contribution in [0.1, 0.15) is 6.55 Å². The van der Waals surface area contributed by atoms with Gasteiger partial charge in [0, 0.05) is 0 Å². The van der Waals surface area contributed by atoms with Gasteiger partial charge in [-0.1, -0.05) is 11.8 Å². The van der Waals surface area contributed by atoms with Crippen molar-refractivity contribution in [2.75, 3.05) is 6.26 Å². The van der Waals surface area contributed by atoms with E-state index in [1.165, 1.54) is 11.8 Å². The van der Waals surface area contributed by atoms with Gasteiger partial charge in [-0.2, -0.15) is 13.5 Å². The molecular weight excluding hydrogens is 160 g/mol. The maximum atomic E-state index is 11.8. The molecule has 0 aliphatic carbocycles. The van der Waals surface area contributed by atoms with Crippen LogP contribution in [0.4, 0.5) is 8.78 Å². The highest BCUT2D eigenvalue weighted by Gasteiger charge is 2.06. The van der Waals surface area contributed by atoms with Crippen molar-refractivity contribution in [1.82, 2.24) is 14.8 Å². The number of hydrogen-bond acceptors (Lipinski definition) is 3. The average molecular weight is 165 g/mol. The molecule has 0 aromatic carbocycles. The van der Waals surface area contributed by atoms with E-state index < -0.39 is 6.55 Å². The van der Waals surface area contributed by atoms with E-state index in [1.54, 1.807) is 6.26 Å². The SMILES string of the molecule is CSc1ncn(C(F)F)n1. The predicted molar refractivity (Wildman–Crippen MR) is 33.1 cm³/mol. The smallest absolute Gasteiger partial charge is 0.210 e. The molecule has 1 rings (SSSR count). The van der Waals surface area contributed by atoms with Gasteiger partial charge in [0.05, 0.1) is 0 Å². The van der Waals surface area contributed by atoms with Crippen LogP contribution in [0.5, 0.6) is 0 Å². The summed E-state index contributed by atoms with van der Waals surface area (Å²) in [5.74, 6) is 0. The van der Waals surface area contributed by atoms with Crippen LogP contribution in [-0.2, 0) is 0 Å². The van der Waals surface area contributed by atoms with Crippen molar-refractivity contribution in [3.63, 3.8) is 0 Å². The molecule has 56 valence electrons. The molecule has 1 aromatic heterocycles. The van der Waals surface area contributed by atoms with Crippen LogP contribution in [0.2, 0.25) is 0 Å². The Morgan fingerprint density at radius 3 is 2.70 bits per heavy atom. The van der Waals surface area contributed by atoms with Crippen LogP contribution < -0.4 is 0 Å². The Morgan fingerprint density at radius 2 is 2.40 bits per heavy atom. The monoisotopic (exact) mass is 165 g/mol. The van der Waals surface area contributed by atoms with Crippen LogP contribution in [0.15, 0.2) is 11.5 Å². The van der Waals surface area contributed by atoms with Crippen molar-refractivity contribution in [1.29, 1.82) is 0 Å². The molecule has 1 aromatic rings. The van der Waals surface area contributed by atoms with E-state index in [0.717, 1.165) is 6.33 Å². The van der Waals surface area contributed by atoms with E-state index in [-0.39, 0.29) is 0 Å². The van der Waals surface area contributed by atoms with E-state index in [0.29, 0.717) is 9.84 Å². The van der Waals surface area contributed by atoms with Crippen molar-refractivity contribution in [3.8, 4) is 0 Å². The summed E-state index contributed by atoms with van der Waals surface area (Å²) in [4.78, 5) is 3.59. The molecule has 0 fully saturated rings. The largest absolute Gasteiger partial charge is 0.334 e. The Kier molecular flexibility index (Phi) is 2.21. The molecule has 0 spiro atoms. The first-order chi connectivity index (χ1) is 4.74. The molecule has 1 heterocycles. The van der Waals surface area contributed by atoms with E-state index in [4.69, 9.17) is 0 Å². The molecule has 0 radical (unpaired) electrons. The first-order valence-electron chi connectivity index (χ1n) is 2.47. The average Bonchev–Trinajstić information content (AvgIpc) is 2.34. The van der Waals surface area contributed by atoms with Crippen molar-refractivity contribution in [3.05, 3.63) is 6.33 Å². The topological polar surface area (TPSA) is 30.7 Å². The summed E-state index contributed by atoms with van der Waals surface area (Å²) >= 11 is 1.23. The Labute approximate surface area is 60.4 Å². The lowest BCUT2D eigenvalue weighted by Crippen LogP contribution is -1.97. The van der Waals surface area contributed by atoms with E-state index in [2.05, 4.69) is 10.1 Å². The van der Waals surface area contributed by atoms with Gasteiger partial charge in [-0.15, -0.1) is 5.10 Å². The minimum Gasteiger partial charge on any atom is -0.210 e. The fraction of sp³-hybridized carbons (Fsp3) is 0.500. The van der Waals surface area contributed by atoms with Crippen LogP contribution in [0.25, 0.3) is 0 Å². The molecule has 10 heavy (non-hydrogen) atoms. The van der Waals surface area contributed by atoms with Crippen molar-refractivity contribution < 1.29 is 8.78 Å². The lowest BCUT2D eigenvalue weighted by molar-refractivity contribution is 0.0552. The van der Waals surface area contributed by atoms with Gasteiger partial charge < -0.3 is 0 Å². The summed E-state index contributed by atoms with van der Waals surface area (Å²) in [5, 5.41) is 3.81. The third kappa shape index (κ3) is 1.44. The zero-order chi connectivity index (χ0) is 7.56. The van der Waals surface area contributed by atoms with Crippen LogP contribution >= 0.6 is 11.8 Å². The van der Waals surface area contributed by atoms with Gasteiger partial charge in [0.1, 0.15) is 6.33 Å². The lowest BCUT2D eigenvalue weighted by atomic mass is 11.1. The third-order valence-electron chi connectivity index (χ3n) is 0.870. The van der Waals surface area contributed by atoms with E-state index in [9.17, 15) is 8.78 Å². The number of halogens is 2. The summed E-state index contributed by atoms with van der Waals surface area (Å²) in [5.41, 5.74) is 0. The molecule has 3 nitrogen and oxygen atoms in total. The van der Waals surface area contributed by atoms with E-state index >= 15 is 0 Å². The second-order valence-corrected chi connectivity index (χ2v) is 2.26. The van der Waals surface area contributed by atoms with Crippen LogP contribution in [0, 0.1) is 0 Å². The summed E-state index contributed by atoms with van der Waals surface area (Å²) in [6.45, 7) is -2.59. The Morgan fingerprint density at radius 1 is 1.70 bits per heavy atom. The van der Waals surface area contributed by atoms with Gasteiger partial charge in [-0.3, -0.25) is 0 Å². The quantitative estimate of drug-likeness (QED) is 0.620. The first kappa shape index (κ1) is 7.46. The van der Waals surface area contributed by atoms with Gasteiger partial charge in [0.2, 0.25) is 5.16 Å². The van der Waals surface area contributed by atoms with Gasteiger partial charge in [-0.25, -0.2) is 4.98 Å². The summed E-state index contributed by atoms with van der Waals surface area (Å²) in [6.07, 6.45) is 2.74. The molecule has 0 atom stereocenters. The van der Waals surface area contributed by atoms with Crippen LogP contribution in [-0.4, -0.2) is 21.0 Å². The number of rotatable bonds is 2. The number of nitrogens with zero attached hydrogens (tertiary/aromatic N) is 3. The maximum Gasteiger partial charge on any atom is 0.334 e. The predicted octanol–water partition coefficient (Wildman–Crippen LogP) is 1.40. The summed E-state index contributed by atoms with van der Waals surface area (Å²) < 4.78 is 24.1. The summed E-state index contributed by atoms with van der Waals surface area (Å²) in [6, 6.07) is 0. The zero-order valence-corrected chi connectivity index (χ0v) is 5.98. The Hall–Kier alpha value is -0.650. The molecule has 0 saturated heterocycles. The molecule has 0 amide bonds. The number of thioether (sulfide) groups is 1. The number of hydrogen-bond donors (Lipinski definition) is 0. The molecule has 6 heteroatoms. The minimum atomic E-state index is -2.59. The maximum absolute atomic E-state index is 11.8. The number of aromatic nitrogens is 3.